The van der Waals surface area contributed by atoms with E-state index in [0.29, 0.717) is 0 Å². The minimum absolute atomic E-state index is 0. The Bertz CT molecular complexity index is 1270. The van der Waals surface area contributed by atoms with E-state index in [0.717, 1.165) is 4.57 Å². The van der Waals surface area contributed by atoms with Gasteiger partial charge in [-0.05, 0) is 0 Å². The van der Waals surface area contributed by atoms with Crippen LogP contribution in [0.15, 0.2) is 11.1 Å². The molecule has 36 heavy (non-hydrogen) atoms. The summed E-state index contributed by atoms with van der Waals surface area (Å²) in [5.74, 6) is -0.269. The van der Waals surface area contributed by atoms with Gasteiger partial charge in [0.1, 0.15) is 18.3 Å². The van der Waals surface area contributed by atoms with E-state index in [-0.39, 0.29) is 106 Å². The van der Waals surface area contributed by atoms with Crippen LogP contribution in [-0.2, 0) is 38.6 Å². The Kier molecular flexibility index (Phi) is 14.4. The van der Waals surface area contributed by atoms with Crippen molar-refractivity contribution in [3.8, 4) is 0 Å². The number of hydrogen-bond acceptors (Lipinski definition) is 16. The van der Waals surface area contributed by atoms with Gasteiger partial charge in [-0.1, -0.05) is 4.98 Å². The van der Waals surface area contributed by atoms with Crippen LogP contribution in [-0.4, -0.2) is 49.7 Å². The van der Waals surface area contributed by atoms with E-state index in [1.54, 1.807) is 0 Å². The Balaban J connectivity index is 0.00000408. The number of phosphoric acid groups is 3. The van der Waals surface area contributed by atoms with Gasteiger partial charge in [-0.3, -0.25) is 27.8 Å². The summed E-state index contributed by atoms with van der Waals surface area (Å²) in [5.41, 5.74) is 4.86. The topological polar surface area (TPSA) is 301 Å². The van der Waals surface area contributed by atoms with Crippen molar-refractivity contribution in [3.63, 3.8) is 0 Å². The second-order valence-corrected chi connectivity index (χ2v) is 10.9. The van der Waals surface area contributed by atoms with Crippen LogP contribution in [0.1, 0.15) is 6.23 Å². The van der Waals surface area contributed by atoms with E-state index < -0.39 is 60.2 Å². The molecule has 3 heterocycles. The first-order valence-corrected chi connectivity index (χ1v) is 12.9. The number of aromatic nitrogens is 4. The fraction of sp³-hybridized carbons (Fsp3) is 0.545. The van der Waals surface area contributed by atoms with Crippen LogP contribution in [0.2, 0.25) is 0 Å². The maximum atomic E-state index is 12.1. The van der Waals surface area contributed by atoms with Gasteiger partial charge in [-0.2, -0.15) is 0 Å². The van der Waals surface area contributed by atoms with Crippen LogP contribution < -0.4 is 124 Å². The van der Waals surface area contributed by atoms with E-state index in [2.05, 4.69) is 23.1 Å². The average Bonchev–Trinajstić information content (AvgIpc) is 3.07. The Morgan fingerprint density at radius 1 is 1.14 bits per heavy atom. The monoisotopic (exact) mass is 603 g/mol. The van der Waals surface area contributed by atoms with Crippen LogP contribution in [0.4, 0.5) is 5.95 Å². The summed E-state index contributed by atoms with van der Waals surface area (Å²) in [4.78, 5) is 61.8. The molecular formula is C11H15N5Na3O14P3. The van der Waals surface area contributed by atoms with Gasteiger partial charge in [0.15, 0.2) is 6.33 Å². The molecule has 1 aliphatic rings. The molecule has 1 saturated heterocycles. The van der Waals surface area contributed by atoms with Crippen LogP contribution in [0.5, 0.6) is 0 Å². The number of nitrogens with one attached hydrogen (secondary N) is 1. The molecular weight excluding hydrogens is 588 g/mol. The largest absolute Gasteiger partial charge is 1.00 e. The number of phosphoric ester groups is 1. The molecule has 6 unspecified atom stereocenters. The summed E-state index contributed by atoms with van der Waals surface area (Å²) in [7, 11) is -16.7. The normalized spacial score (nSPS) is 25.2. The number of ether oxygens (including phenoxy) is 1. The summed E-state index contributed by atoms with van der Waals surface area (Å²) in [6.45, 7) is -1.12. The minimum atomic E-state index is -6.17. The van der Waals surface area contributed by atoms with Crippen molar-refractivity contribution in [2.75, 3.05) is 12.3 Å². The summed E-state index contributed by atoms with van der Waals surface area (Å²) < 4.78 is 51.6. The minimum Gasteiger partial charge on any atom is -0.790 e. The molecule has 25 heteroatoms. The Morgan fingerprint density at radius 2 is 1.72 bits per heavy atom. The molecule has 0 aromatic carbocycles. The van der Waals surface area contributed by atoms with Crippen molar-refractivity contribution in [2.45, 2.75) is 24.5 Å². The standard InChI is InChI=1S/C11H18N5O14P3.3Na/c1-15-3-16(8-5(15)9(19)14-11(12)13-8)10-7(18)6(17)4(28-10)2-27-32(23,24)30-33(25,26)29-31(20,21)22;;;/h3-4,6-7,10,17-18H,2H2,1H3,(H6-,12,13,14,19,20,21,22,23,24,25,26);;;/q;3*+1/p-3. The summed E-state index contributed by atoms with van der Waals surface area (Å²) >= 11 is 0. The molecule has 0 saturated carbocycles. The van der Waals surface area contributed by atoms with Crippen LogP contribution >= 0.6 is 23.5 Å². The quantitative estimate of drug-likeness (QED) is 0.124. The molecule has 6 atom stereocenters. The fourth-order valence-corrected chi connectivity index (χ4v) is 5.87. The van der Waals surface area contributed by atoms with Gasteiger partial charge >= 0.3 is 94.3 Å². The molecule has 0 spiro atoms. The number of aryl methyl sites for hydroxylation is 1. The van der Waals surface area contributed by atoms with Gasteiger partial charge in [0.25, 0.3) is 27.2 Å². The number of anilines is 1. The molecule has 2 aromatic rings. The number of imidazole rings is 1. The Morgan fingerprint density at radius 3 is 2.28 bits per heavy atom. The number of aromatic amines is 1. The molecule has 0 bridgehead atoms. The number of H-pyrrole nitrogens is 1. The van der Waals surface area contributed by atoms with Gasteiger partial charge in [0.2, 0.25) is 11.7 Å². The number of nitrogens with two attached hydrogens (primary N) is 1. The molecule has 19 nitrogen and oxygen atoms in total. The van der Waals surface area contributed by atoms with Crippen molar-refractivity contribution < 1.29 is 155 Å². The molecule has 1 aliphatic heterocycles. The number of nitrogen functional groups attached to an aromatic ring is 1. The zero-order valence-electron chi connectivity index (χ0n) is 19.1. The first kappa shape index (κ1) is 37.4. The molecule has 0 aliphatic carbocycles. The maximum Gasteiger partial charge on any atom is 1.00 e. The van der Waals surface area contributed by atoms with E-state index in [1.807, 2.05) is 0 Å². The van der Waals surface area contributed by atoms with Crippen molar-refractivity contribution in [2.24, 2.45) is 7.05 Å². The molecule has 0 amide bonds. The Hall–Kier alpha value is 1.44. The van der Waals surface area contributed by atoms with Crippen molar-refractivity contribution >= 4 is 40.6 Å². The van der Waals surface area contributed by atoms with Gasteiger partial charge in [0, 0.05) is 0 Å². The number of aliphatic hydroxyl groups excluding tert-OH is 2. The fourth-order valence-electron chi connectivity index (χ4n) is 3.00. The third-order valence-corrected chi connectivity index (χ3v) is 7.86. The summed E-state index contributed by atoms with van der Waals surface area (Å²) in [5, 5.41) is 20.5. The molecule has 186 valence electrons. The zero-order valence-corrected chi connectivity index (χ0v) is 27.8. The number of nitrogens with zero attached hydrogens (tertiary/aromatic N) is 3. The van der Waals surface area contributed by atoms with Crippen molar-refractivity contribution in [1.29, 1.82) is 0 Å². The predicted octanol–water partition coefficient (Wildman–Crippen LogP) is -14.4. The number of fused-ring (bicyclic) bond motifs is 1. The first-order valence-electron chi connectivity index (χ1n) is 8.48. The first-order chi connectivity index (χ1) is 15.0. The predicted molar refractivity (Wildman–Crippen MR) is 92.8 cm³/mol. The molecule has 3 rings (SSSR count). The van der Waals surface area contributed by atoms with Gasteiger partial charge in [-0.25, -0.2) is 8.88 Å². The van der Waals surface area contributed by atoms with Gasteiger partial charge < -0.3 is 49.3 Å². The smallest absolute Gasteiger partial charge is 0.790 e. The molecule has 0 radical (unpaired) electrons. The number of aliphatic hydroxyl groups is 2. The average molecular weight is 603 g/mol. The Labute approximate surface area is 267 Å². The van der Waals surface area contributed by atoms with E-state index in [1.165, 1.54) is 17.9 Å². The van der Waals surface area contributed by atoms with Gasteiger partial charge in [-0.15, -0.1) is 0 Å². The second-order valence-electron chi connectivity index (χ2n) is 6.60. The summed E-state index contributed by atoms with van der Waals surface area (Å²) in [6, 6.07) is 0. The number of rotatable bonds is 8. The summed E-state index contributed by atoms with van der Waals surface area (Å²) in [6.07, 6.45) is -5.28. The molecule has 5 N–H and O–H groups in total. The third-order valence-electron chi connectivity index (χ3n) is 4.20. The van der Waals surface area contributed by atoms with Crippen LogP contribution in [0, 0.1) is 0 Å². The van der Waals surface area contributed by atoms with Gasteiger partial charge in [0.05, 0.1) is 21.5 Å². The third kappa shape index (κ3) is 9.24. The van der Waals surface area contributed by atoms with Crippen molar-refractivity contribution in [3.05, 3.63) is 16.7 Å². The van der Waals surface area contributed by atoms with Crippen LogP contribution in [0.25, 0.3) is 11.2 Å². The maximum absolute atomic E-state index is 12.1. The second kappa shape index (κ2) is 13.9. The van der Waals surface area contributed by atoms with E-state index >= 15 is 0 Å². The molecule has 2 aromatic heterocycles. The van der Waals surface area contributed by atoms with E-state index in [9.17, 15) is 48.3 Å². The molecule has 1 fully saturated rings. The van der Waals surface area contributed by atoms with E-state index in [4.69, 9.17) is 10.5 Å². The van der Waals surface area contributed by atoms with Crippen molar-refractivity contribution in [1.82, 2.24) is 14.5 Å². The van der Waals surface area contributed by atoms with Crippen LogP contribution in [0.3, 0.4) is 0 Å². The zero-order chi connectivity index (χ0) is 24.9. The number of hydrogen-bond donors (Lipinski definition) is 4. The SMILES string of the molecule is Cn1c[n+](C2OC(COP(=O)([O-])OP(=O)([O-])OP(=O)([O-])[O-])C(O)C2O)c2nc(N)[nH]c(=O)c21.[Na+].[Na+].[Na+].